The fourth-order valence-electron chi connectivity index (χ4n) is 4.87. The topological polar surface area (TPSA) is 109 Å². The van der Waals surface area contributed by atoms with Crippen LogP contribution in [0.5, 0.6) is 5.75 Å². The van der Waals surface area contributed by atoms with Crippen LogP contribution in [0.2, 0.25) is 10.0 Å². The Hall–Kier alpha value is -3.57. The molecule has 1 fully saturated rings. The van der Waals surface area contributed by atoms with Gasteiger partial charge in [-0.1, -0.05) is 58.4 Å². The average Bonchev–Trinajstić information content (AvgIpc) is 3.44. The van der Waals surface area contributed by atoms with Crippen LogP contribution in [0.1, 0.15) is 16.4 Å². The number of rotatable bonds is 6. The fourth-order valence-corrected chi connectivity index (χ4v) is 7.64. The molecular weight excluding hydrogens is 593 g/mol. The molecule has 0 aliphatic carbocycles. The zero-order valence-electron chi connectivity index (χ0n) is 20.4. The van der Waals surface area contributed by atoms with Crippen molar-refractivity contribution in [1.82, 2.24) is 4.98 Å². The third-order valence-corrected chi connectivity index (χ3v) is 9.55. The molecule has 1 saturated heterocycles. The molecule has 8 nitrogen and oxygen atoms in total. The van der Waals surface area contributed by atoms with Gasteiger partial charge in [-0.2, -0.15) is 0 Å². The number of benzene rings is 3. The number of hydrogen-bond donors (Lipinski definition) is 2. The Kier molecular flexibility index (Phi) is 7.18. The summed E-state index contributed by atoms with van der Waals surface area (Å²) in [6.07, 6.45) is 0. The van der Waals surface area contributed by atoms with Crippen LogP contribution in [-0.2, 0) is 14.4 Å². The number of aromatic amines is 1. The van der Waals surface area contributed by atoms with E-state index in [1.807, 2.05) is 0 Å². The number of halogens is 2. The highest BCUT2D eigenvalue weighted by Gasteiger charge is 2.56. The lowest BCUT2D eigenvalue weighted by molar-refractivity contribution is -0.122. The van der Waals surface area contributed by atoms with Gasteiger partial charge < -0.3 is 15.0 Å². The number of thioether (sulfide) groups is 1. The van der Waals surface area contributed by atoms with Crippen molar-refractivity contribution in [1.29, 1.82) is 0 Å². The van der Waals surface area contributed by atoms with Gasteiger partial charge in [0.15, 0.2) is 6.61 Å². The summed E-state index contributed by atoms with van der Waals surface area (Å²) >= 11 is 14.1. The summed E-state index contributed by atoms with van der Waals surface area (Å²) in [4.78, 5) is 56.3. The van der Waals surface area contributed by atoms with Gasteiger partial charge in [0.05, 0.1) is 16.6 Å². The molecule has 6 rings (SSSR count). The minimum Gasteiger partial charge on any atom is -0.484 e. The van der Waals surface area contributed by atoms with E-state index in [0.29, 0.717) is 37.1 Å². The van der Waals surface area contributed by atoms with Gasteiger partial charge in [-0.15, -0.1) is 0 Å². The highest BCUT2D eigenvalue weighted by Crippen LogP contribution is 2.53. The summed E-state index contributed by atoms with van der Waals surface area (Å²) < 4.78 is 5.65. The predicted molar refractivity (Wildman–Crippen MR) is 156 cm³/mol. The molecule has 40 heavy (non-hydrogen) atoms. The third-order valence-electron chi connectivity index (χ3n) is 6.65. The van der Waals surface area contributed by atoms with Crippen molar-refractivity contribution in [2.45, 2.75) is 16.2 Å². The highest BCUT2D eigenvalue weighted by atomic mass is 35.5. The van der Waals surface area contributed by atoms with Crippen LogP contribution >= 0.6 is 46.3 Å². The van der Waals surface area contributed by atoms with Gasteiger partial charge in [-0.05, 0) is 66.2 Å². The van der Waals surface area contributed by atoms with Crippen LogP contribution < -0.4 is 19.8 Å². The number of thiazole rings is 1. The molecule has 0 spiro atoms. The number of H-pyrrole nitrogens is 1. The van der Waals surface area contributed by atoms with E-state index in [4.69, 9.17) is 27.9 Å². The van der Waals surface area contributed by atoms with E-state index in [-0.39, 0.29) is 29.2 Å². The molecule has 3 amide bonds. The minimum absolute atomic E-state index is 0.209. The van der Waals surface area contributed by atoms with Crippen LogP contribution in [0, 0.1) is 5.92 Å². The second-order valence-electron chi connectivity index (χ2n) is 9.15. The molecule has 4 aromatic rings. The Morgan fingerprint density at radius 2 is 1.55 bits per heavy atom. The molecule has 202 valence electrons. The van der Waals surface area contributed by atoms with Gasteiger partial charge in [0.1, 0.15) is 11.0 Å². The van der Waals surface area contributed by atoms with Gasteiger partial charge in [-0.3, -0.25) is 19.2 Å². The summed E-state index contributed by atoms with van der Waals surface area (Å²) in [5.41, 5.74) is 1.80. The first-order valence-corrected chi connectivity index (χ1v) is 14.5. The Morgan fingerprint density at radius 3 is 2.23 bits per heavy atom. The summed E-state index contributed by atoms with van der Waals surface area (Å²) in [6.45, 7) is -0.209. The number of ether oxygens (including phenoxy) is 1. The molecule has 2 aliphatic heterocycles. The maximum absolute atomic E-state index is 13.7. The average molecular weight is 613 g/mol. The van der Waals surface area contributed by atoms with Gasteiger partial charge in [-0.25, -0.2) is 4.90 Å². The molecule has 1 aromatic heterocycles. The number of nitrogens with one attached hydrogen (secondary N) is 2. The molecule has 2 aliphatic rings. The lowest BCUT2D eigenvalue weighted by atomic mass is 9.83. The second-order valence-corrected chi connectivity index (χ2v) is 12.2. The number of aromatic nitrogens is 1. The van der Waals surface area contributed by atoms with E-state index in [0.717, 1.165) is 16.9 Å². The number of hydrogen-bond acceptors (Lipinski definition) is 7. The van der Waals surface area contributed by atoms with Crippen molar-refractivity contribution in [3.05, 3.63) is 103 Å². The SMILES string of the molecule is O=C(COc1ccc(C2c3sc(=O)[nH]c3SC3C(=O)N(c4ccc(Cl)cc4)C(=O)C32)cc1)Nc1ccc(Cl)cc1. The smallest absolute Gasteiger partial charge is 0.305 e. The Morgan fingerprint density at radius 1 is 0.900 bits per heavy atom. The van der Waals surface area contributed by atoms with Gasteiger partial charge in [0.25, 0.3) is 5.91 Å². The third kappa shape index (κ3) is 5.03. The molecule has 3 heterocycles. The first kappa shape index (κ1) is 26.6. The van der Waals surface area contributed by atoms with Crippen molar-refractivity contribution in [3.8, 4) is 5.75 Å². The van der Waals surface area contributed by atoms with Gasteiger partial charge >= 0.3 is 4.87 Å². The quantitative estimate of drug-likeness (QED) is 0.276. The van der Waals surface area contributed by atoms with E-state index in [2.05, 4.69) is 10.3 Å². The van der Waals surface area contributed by atoms with Crippen LogP contribution in [0.4, 0.5) is 11.4 Å². The van der Waals surface area contributed by atoms with E-state index < -0.39 is 17.1 Å². The normalized spacial score (nSPS) is 19.8. The molecule has 0 radical (unpaired) electrons. The molecule has 2 N–H and O–H groups in total. The molecule has 0 saturated carbocycles. The van der Waals surface area contributed by atoms with Crippen molar-refractivity contribution >= 4 is 75.4 Å². The van der Waals surface area contributed by atoms with Crippen LogP contribution in [0.15, 0.2) is 82.6 Å². The number of carbonyl (C=O) groups is 3. The number of amides is 3. The van der Waals surface area contributed by atoms with E-state index in [1.54, 1.807) is 72.8 Å². The highest BCUT2D eigenvalue weighted by molar-refractivity contribution is 8.00. The molecule has 12 heteroatoms. The zero-order valence-corrected chi connectivity index (χ0v) is 23.6. The predicted octanol–water partition coefficient (Wildman–Crippen LogP) is 5.56. The van der Waals surface area contributed by atoms with Gasteiger partial charge in [0.2, 0.25) is 11.8 Å². The Bertz CT molecular complexity index is 1670. The van der Waals surface area contributed by atoms with E-state index >= 15 is 0 Å². The molecule has 3 unspecified atom stereocenters. The lowest BCUT2D eigenvalue weighted by Crippen LogP contribution is -2.32. The Labute approximate surface area is 246 Å². The van der Waals surface area contributed by atoms with Crippen LogP contribution in [0.25, 0.3) is 0 Å². The molecule has 3 atom stereocenters. The summed E-state index contributed by atoms with van der Waals surface area (Å²) in [5.74, 6) is -1.77. The van der Waals surface area contributed by atoms with Crippen molar-refractivity contribution < 1.29 is 19.1 Å². The first-order chi connectivity index (χ1) is 19.3. The monoisotopic (exact) mass is 611 g/mol. The summed E-state index contributed by atoms with van der Waals surface area (Å²) in [7, 11) is 0. The molecule has 0 bridgehead atoms. The van der Waals surface area contributed by atoms with E-state index in [1.165, 1.54) is 16.7 Å². The number of nitrogens with zero attached hydrogens (tertiary/aromatic N) is 1. The van der Waals surface area contributed by atoms with Crippen LogP contribution in [-0.4, -0.2) is 34.6 Å². The van der Waals surface area contributed by atoms with Gasteiger partial charge in [0, 0.05) is 26.5 Å². The van der Waals surface area contributed by atoms with E-state index in [9.17, 15) is 19.2 Å². The number of carbonyl (C=O) groups excluding carboxylic acids is 3. The van der Waals surface area contributed by atoms with Crippen molar-refractivity contribution in [3.63, 3.8) is 0 Å². The standard InChI is InChI=1S/C28H19Cl2N3O5S2/c29-15-3-7-17(8-4-15)31-20(34)13-38-19-11-1-14(2-12-19)21-22-24(39-25-23(21)40-28(37)32-25)27(36)33(26(22)35)18-9-5-16(30)6-10-18/h1-12,21-22,24H,13H2,(H,31,34)(H,32,37). The molecule has 3 aromatic carbocycles. The fraction of sp³-hybridized carbons (Fsp3) is 0.143. The molecular formula is C28H19Cl2N3O5S2. The number of anilines is 2. The second kappa shape index (κ2) is 10.8. The summed E-state index contributed by atoms with van der Waals surface area (Å²) in [6, 6.07) is 20.3. The minimum atomic E-state index is -0.705. The zero-order chi connectivity index (χ0) is 28.0. The van der Waals surface area contributed by atoms with Crippen molar-refractivity contribution in [2.24, 2.45) is 5.92 Å². The summed E-state index contributed by atoms with van der Waals surface area (Å²) in [5, 5.41) is 3.70. The Balaban J connectivity index is 1.24. The maximum atomic E-state index is 13.7. The van der Waals surface area contributed by atoms with Crippen LogP contribution in [0.3, 0.4) is 0 Å². The first-order valence-electron chi connectivity index (χ1n) is 12.1. The lowest BCUT2D eigenvalue weighted by Gasteiger charge is -2.29. The number of fused-ring (bicyclic) bond motifs is 2. The van der Waals surface area contributed by atoms with Crippen molar-refractivity contribution in [2.75, 3.05) is 16.8 Å². The maximum Gasteiger partial charge on any atom is 0.305 e. The number of imide groups is 1. The largest absolute Gasteiger partial charge is 0.484 e.